The number of amides is 1. The third-order valence-electron chi connectivity index (χ3n) is 6.18. The van der Waals surface area contributed by atoms with Gasteiger partial charge in [-0.05, 0) is 80.1 Å². The molecule has 1 aromatic heterocycles. The zero-order valence-electron chi connectivity index (χ0n) is 17.6. The highest BCUT2D eigenvalue weighted by atomic mass is 19.1. The Morgan fingerprint density at radius 3 is 2.53 bits per heavy atom. The first-order chi connectivity index (χ1) is 15.4. The Kier molecular flexibility index (Phi) is 4.93. The minimum Gasteiger partial charge on any atom is -0.507 e. The summed E-state index contributed by atoms with van der Waals surface area (Å²) in [6.07, 6.45) is 4.11. The van der Waals surface area contributed by atoms with Gasteiger partial charge in [-0.25, -0.2) is 4.39 Å². The first-order valence-electron chi connectivity index (χ1n) is 10.7. The molecule has 1 aliphatic carbocycles. The fourth-order valence-electron chi connectivity index (χ4n) is 4.63. The largest absolute Gasteiger partial charge is 0.507 e. The van der Waals surface area contributed by atoms with Gasteiger partial charge in [0.1, 0.15) is 29.1 Å². The molecule has 1 fully saturated rings. The third-order valence-corrected chi connectivity index (χ3v) is 6.18. The van der Waals surface area contributed by atoms with E-state index in [-0.39, 0.29) is 17.0 Å². The maximum atomic E-state index is 14.0. The van der Waals surface area contributed by atoms with E-state index in [0.717, 1.165) is 31.2 Å². The minimum absolute atomic E-state index is 0.0654. The number of rotatable bonds is 3. The summed E-state index contributed by atoms with van der Waals surface area (Å²) in [6, 6.07) is 13.5. The number of aliphatic hydroxyl groups excluding tert-OH is 1. The lowest BCUT2D eigenvalue weighted by atomic mass is 9.89. The third kappa shape index (κ3) is 3.32. The molecule has 6 heteroatoms. The molecule has 0 radical (unpaired) electrons. The van der Waals surface area contributed by atoms with Gasteiger partial charge in [0.15, 0.2) is 0 Å². The van der Waals surface area contributed by atoms with Gasteiger partial charge in [-0.15, -0.1) is 0 Å². The monoisotopic (exact) mass is 431 g/mol. The molecule has 5 rings (SSSR count). The van der Waals surface area contributed by atoms with Crippen molar-refractivity contribution < 1.29 is 23.5 Å². The van der Waals surface area contributed by atoms with Crippen LogP contribution in [0.5, 0.6) is 0 Å². The normalized spacial score (nSPS) is 19.9. The Hall–Kier alpha value is -3.67. The number of furan rings is 1. The second kappa shape index (κ2) is 7.79. The van der Waals surface area contributed by atoms with Crippen LogP contribution < -0.4 is 4.90 Å². The highest BCUT2D eigenvalue weighted by Gasteiger charge is 2.48. The fraction of sp³-hybridized carbons (Fsp3) is 0.231. The van der Waals surface area contributed by atoms with Gasteiger partial charge in [0.2, 0.25) is 0 Å². The zero-order valence-corrected chi connectivity index (χ0v) is 17.6. The van der Waals surface area contributed by atoms with Gasteiger partial charge in [-0.1, -0.05) is 18.2 Å². The molecule has 2 aromatic carbocycles. The molecule has 0 bridgehead atoms. The molecule has 1 atom stereocenters. The number of fused-ring (bicyclic) bond motifs is 1. The number of anilines is 1. The van der Waals surface area contributed by atoms with E-state index in [2.05, 4.69) is 0 Å². The Morgan fingerprint density at radius 1 is 1.03 bits per heavy atom. The predicted octanol–water partition coefficient (Wildman–Crippen LogP) is 5.23. The first kappa shape index (κ1) is 20.2. The standard InChI is InChI=1S/C26H22FNO4/c1-15-9-12-21(32-15)23-22(24(29)18-11-10-16-5-2-3-6-17(16)13-18)25(30)26(31)28(23)20-8-4-7-19(27)14-20/h4,7-14,23,29H,2-3,5-6H2,1H3/b24-22-. The van der Waals surface area contributed by atoms with E-state index in [9.17, 15) is 19.1 Å². The molecule has 1 amide bonds. The average Bonchev–Trinajstić information content (AvgIpc) is 3.33. The van der Waals surface area contributed by atoms with Crippen LogP contribution in [-0.4, -0.2) is 16.8 Å². The molecule has 162 valence electrons. The maximum absolute atomic E-state index is 14.0. The number of hydrogen-bond donors (Lipinski definition) is 1. The van der Waals surface area contributed by atoms with Crippen LogP contribution in [0, 0.1) is 12.7 Å². The summed E-state index contributed by atoms with van der Waals surface area (Å²) >= 11 is 0. The number of nitrogens with zero attached hydrogens (tertiary/aromatic N) is 1. The molecule has 0 saturated carbocycles. The van der Waals surface area contributed by atoms with Gasteiger partial charge in [-0.2, -0.15) is 0 Å². The van der Waals surface area contributed by atoms with Crippen molar-refractivity contribution in [2.45, 2.75) is 38.6 Å². The van der Waals surface area contributed by atoms with Crippen LogP contribution >= 0.6 is 0 Å². The minimum atomic E-state index is -0.999. The number of benzene rings is 2. The van der Waals surface area contributed by atoms with Gasteiger partial charge in [0.25, 0.3) is 11.7 Å². The summed E-state index contributed by atoms with van der Waals surface area (Å²) in [6.45, 7) is 1.75. The molecule has 1 aliphatic heterocycles. The number of carbonyl (C=O) groups excluding carboxylic acids is 2. The average molecular weight is 431 g/mol. The van der Waals surface area contributed by atoms with Crippen molar-refractivity contribution in [3.63, 3.8) is 0 Å². The SMILES string of the molecule is Cc1ccc(C2/C(=C(/O)c3ccc4c(c3)CCCC4)C(=O)C(=O)N2c2cccc(F)c2)o1. The summed E-state index contributed by atoms with van der Waals surface area (Å²) in [5.74, 6) is -1.54. The Morgan fingerprint density at radius 2 is 1.81 bits per heavy atom. The van der Waals surface area contributed by atoms with E-state index in [0.29, 0.717) is 17.1 Å². The molecule has 5 nitrogen and oxygen atoms in total. The lowest BCUT2D eigenvalue weighted by molar-refractivity contribution is -0.132. The Balaban J connectivity index is 1.69. The van der Waals surface area contributed by atoms with Gasteiger partial charge in [-0.3, -0.25) is 14.5 Å². The topological polar surface area (TPSA) is 70.8 Å². The molecule has 2 aliphatic rings. The second-order valence-electron chi connectivity index (χ2n) is 8.29. The van der Waals surface area contributed by atoms with Crippen LogP contribution in [0.15, 0.2) is 64.6 Å². The lowest BCUT2D eigenvalue weighted by Crippen LogP contribution is -2.29. The summed E-state index contributed by atoms with van der Waals surface area (Å²) in [5, 5.41) is 11.2. The fourth-order valence-corrected chi connectivity index (χ4v) is 4.63. The molecule has 2 heterocycles. The molecule has 3 aromatic rings. The van der Waals surface area contributed by atoms with E-state index >= 15 is 0 Å². The van der Waals surface area contributed by atoms with Crippen molar-refractivity contribution in [3.8, 4) is 0 Å². The van der Waals surface area contributed by atoms with Crippen molar-refractivity contribution >= 4 is 23.1 Å². The molecule has 1 saturated heterocycles. The Bertz CT molecular complexity index is 1270. The molecular formula is C26H22FNO4. The quantitative estimate of drug-likeness (QED) is 0.350. The number of aliphatic hydroxyl groups is 1. The van der Waals surface area contributed by atoms with Crippen LogP contribution in [0.4, 0.5) is 10.1 Å². The second-order valence-corrected chi connectivity index (χ2v) is 8.29. The van der Waals surface area contributed by atoms with E-state index in [4.69, 9.17) is 4.42 Å². The number of ketones is 1. The van der Waals surface area contributed by atoms with E-state index < -0.39 is 23.5 Å². The van der Waals surface area contributed by atoms with E-state index in [1.165, 1.54) is 28.7 Å². The number of Topliss-reactive ketones (excluding diaryl/α,β-unsaturated/α-hetero) is 1. The zero-order chi connectivity index (χ0) is 22.4. The highest BCUT2D eigenvalue weighted by Crippen LogP contribution is 2.43. The molecule has 0 spiro atoms. The van der Waals surface area contributed by atoms with Crippen molar-refractivity contribution in [2.24, 2.45) is 0 Å². The number of hydrogen-bond acceptors (Lipinski definition) is 4. The molecule has 32 heavy (non-hydrogen) atoms. The van der Waals surface area contributed by atoms with Crippen LogP contribution in [0.3, 0.4) is 0 Å². The van der Waals surface area contributed by atoms with Crippen LogP contribution in [0.25, 0.3) is 5.76 Å². The lowest BCUT2D eigenvalue weighted by Gasteiger charge is -2.23. The number of carbonyl (C=O) groups is 2. The van der Waals surface area contributed by atoms with E-state index in [1.54, 1.807) is 31.2 Å². The molecule has 1 unspecified atom stereocenters. The first-order valence-corrected chi connectivity index (χ1v) is 10.7. The van der Waals surface area contributed by atoms with Gasteiger partial charge >= 0.3 is 0 Å². The summed E-state index contributed by atoms with van der Waals surface area (Å²) < 4.78 is 19.7. The van der Waals surface area contributed by atoms with Crippen LogP contribution in [-0.2, 0) is 22.4 Å². The Labute approximate surface area is 184 Å². The number of aryl methyl sites for hydroxylation is 3. The van der Waals surface area contributed by atoms with Crippen molar-refractivity contribution in [1.29, 1.82) is 0 Å². The highest BCUT2D eigenvalue weighted by molar-refractivity contribution is 6.51. The summed E-state index contributed by atoms with van der Waals surface area (Å²) in [7, 11) is 0. The van der Waals surface area contributed by atoms with Gasteiger partial charge in [0.05, 0.1) is 5.57 Å². The molecular weight excluding hydrogens is 409 g/mol. The van der Waals surface area contributed by atoms with E-state index in [1.807, 2.05) is 12.1 Å². The summed E-state index contributed by atoms with van der Waals surface area (Å²) in [5.41, 5.74) is 3.02. The predicted molar refractivity (Wildman–Crippen MR) is 118 cm³/mol. The van der Waals surface area contributed by atoms with Crippen LogP contribution in [0.2, 0.25) is 0 Å². The van der Waals surface area contributed by atoms with Gasteiger partial charge in [0, 0.05) is 11.3 Å². The maximum Gasteiger partial charge on any atom is 0.300 e. The smallest absolute Gasteiger partial charge is 0.300 e. The van der Waals surface area contributed by atoms with Crippen LogP contribution in [0.1, 0.15) is 47.1 Å². The van der Waals surface area contributed by atoms with Crippen molar-refractivity contribution in [3.05, 3.63) is 94.2 Å². The number of halogens is 1. The van der Waals surface area contributed by atoms with Crippen molar-refractivity contribution in [2.75, 3.05) is 4.90 Å². The molecule has 1 N–H and O–H groups in total. The summed E-state index contributed by atoms with van der Waals surface area (Å²) in [4.78, 5) is 27.4. The van der Waals surface area contributed by atoms with Gasteiger partial charge < -0.3 is 9.52 Å². The van der Waals surface area contributed by atoms with Crippen molar-refractivity contribution in [1.82, 2.24) is 0 Å².